The second kappa shape index (κ2) is 5.41. The van der Waals surface area contributed by atoms with Crippen molar-refractivity contribution in [3.8, 4) is 0 Å². The predicted molar refractivity (Wildman–Crippen MR) is 74.8 cm³/mol. The third kappa shape index (κ3) is 2.45. The van der Waals surface area contributed by atoms with Crippen LogP contribution < -0.4 is 0 Å². The van der Waals surface area contributed by atoms with Crippen LogP contribution in [0.3, 0.4) is 0 Å². The molecule has 2 unspecified atom stereocenters. The van der Waals surface area contributed by atoms with Gasteiger partial charge < -0.3 is 9.64 Å². The minimum absolute atomic E-state index is 0.0659. The molecule has 0 spiro atoms. The molecule has 1 aliphatic rings. The van der Waals surface area contributed by atoms with Crippen molar-refractivity contribution < 1.29 is 9.53 Å². The quantitative estimate of drug-likeness (QED) is 0.840. The van der Waals surface area contributed by atoms with Crippen LogP contribution in [0, 0.1) is 6.92 Å². The number of amides is 1. The standard InChI is InChI=1S/C14H18BrNO2/c1-9-11(5-4-6-12(9)15)14(17)16(3)13-7-8-18-10(13)2/h4-6,10,13H,7-8H2,1-3H3. The molecule has 0 aliphatic carbocycles. The third-order valence-corrected chi connectivity index (χ3v) is 4.51. The summed E-state index contributed by atoms with van der Waals surface area (Å²) in [7, 11) is 1.86. The molecular weight excluding hydrogens is 294 g/mol. The minimum atomic E-state index is 0.0659. The summed E-state index contributed by atoms with van der Waals surface area (Å²) in [5.41, 5.74) is 1.74. The fraction of sp³-hybridized carbons (Fsp3) is 0.500. The molecule has 0 aromatic heterocycles. The van der Waals surface area contributed by atoms with Gasteiger partial charge in [-0.1, -0.05) is 22.0 Å². The van der Waals surface area contributed by atoms with Crippen LogP contribution in [0.2, 0.25) is 0 Å². The van der Waals surface area contributed by atoms with Gasteiger partial charge in [0.15, 0.2) is 0 Å². The zero-order chi connectivity index (χ0) is 13.3. The number of carbonyl (C=O) groups excluding carboxylic acids is 1. The Hall–Kier alpha value is -0.870. The number of likely N-dealkylation sites (N-methyl/N-ethyl adjacent to an activating group) is 1. The number of carbonyl (C=O) groups is 1. The first-order valence-electron chi connectivity index (χ1n) is 6.16. The molecule has 1 aliphatic heterocycles. The molecule has 1 heterocycles. The zero-order valence-corrected chi connectivity index (χ0v) is 12.5. The lowest BCUT2D eigenvalue weighted by atomic mass is 10.1. The highest BCUT2D eigenvalue weighted by Gasteiger charge is 2.31. The summed E-state index contributed by atoms with van der Waals surface area (Å²) < 4.78 is 6.49. The molecule has 2 rings (SSSR count). The maximum atomic E-state index is 12.5. The van der Waals surface area contributed by atoms with Gasteiger partial charge >= 0.3 is 0 Å². The second-order valence-corrected chi connectivity index (χ2v) is 5.61. The van der Waals surface area contributed by atoms with Crippen LogP contribution in [0.15, 0.2) is 22.7 Å². The first kappa shape index (κ1) is 13.6. The highest BCUT2D eigenvalue weighted by Crippen LogP contribution is 2.24. The molecule has 0 N–H and O–H groups in total. The van der Waals surface area contributed by atoms with Crippen molar-refractivity contribution in [1.29, 1.82) is 0 Å². The van der Waals surface area contributed by atoms with E-state index in [1.807, 2.05) is 44.0 Å². The topological polar surface area (TPSA) is 29.5 Å². The van der Waals surface area contributed by atoms with Crippen molar-refractivity contribution in [2.75, 3.05) is 13.7 Å². The molecule has 98 valence electrons. The fourth-order valence-electron chi connectivity index (χ4n) is 2.41. The second-order valence-electron chi connectivity index (χ2n) is 4.76. The molecule has 1 amide bonds. The highest BCUT2D eigenvalue weighted by atomic mass is 79.9. The normalized spacial score (nSPS) is 23.1. The smallest absolute Gasteiger partial charge is 0.254 e. The summed E-state index contributed by atoms with van der Waals surface area (Å²) in [4.78, 5) is 14.3. The highest BCUT2D eigenvalue weighted by molar-refractivity contribution is 9.10. The average Bonchev–Trinajstić information content (AvgIpc) is 2.77. The van der Waals surface area contributed by atoms with E-state index in [2.05, 4.69) is 15.9 Å². The van der Waals surface area contributed by atoms with E-state index >= 15 is 0 Å². The van der Waals surface area contributed by atoms with Gasteiger partial charge in [-0.25, -0.2) is 0 Å². The van der Waals surface area contributed by atoms with Gasteiger partial charge in [0.05, 0.1) is 12.1 Å². The Balaban J connectivity index is 2.23. The summed E-state index contributed by atoms with van der Waals surface area (Å²) >= 11 is 3.46. The molecule has 0 saturated carbocycles. The largest absolute Gasteiger partial charge is 0.376 e. The Morgan fingerprint density at radius 1 is 1.50 bits per heavy atom. The van der Waals surface area contributed by atoms with Crippen LogP contribution >= 0.6 is 15.9 Å². The van der Waals surface area contributed by atoms with E-state index < -0.39 is 0 Å². The molecule has 1 saturated heterocycles. The summed E-state index contributed by atoms with van der Waals surface area (Å²) in [5.74, 6) is 0.0659. The zero-order valence-electron chi connectivity index (χ0n) is 10.9. The Kier molecular flexibility index (Phi) is 4.07. The maximum absolute atomic E-state index is 12.5. The summed E-state index contributed by atoms with van der Waals surface area (Å²) in [6, 6.07) is 5.90. The molecule has 18 heavy (non-hydrogen) atoms. The molecule has 4 heteroatoms. The van der Waals surface area contributed by atoms with Crippen molar-refractivity contribution in [2.24, 2.45) is 0 Å². The number of hydrogen-bond donors (Lipinski definition) is 0. The van der Waals surface area contributed by atoms with Crippen LogP contribution in [0.4, 0.5) is 0 Å². The van der Waals surface area contributed by atoms with Crippen LogP contribution in [0.1, 0.15) is 29.3 Å². The maximum Gasteiger partial charge on any atom is 0.254 e. The van der Waals surface area contributed by atoms with Gasteiger partial charge in [0, 0.05) is 23.7 Å². The van der Waals surface area contributed by atoms with Crippen LogP contribution in [-0.2, 0) is 4.74 Å². The number of halogens is 1. The molecule has 1 aromatic carbocycles. The van der Waals surface area contributed by atoms with Gasteiger partial charge in [-0.15, -0.1) is 0 Å². The molecule has 1 fully saturated rings. The Morgan fingerprint density at radius 2 is 2.22 bits per heavy atom. The number of hydrogen-bond acceptors (Lipinski definition) is 2. The van der Waals surface area contributed by atoms with Crippen LogP contribution in [-0.4, -0.2) is 36.6 Å². The van der Waals surface area contributed by atoms with Crippen molar-refractivity contribution in [3.05, 3.63) is 33.8 Å². The third-order valence-electron chi connectivity index (χ3n) is 3.65. The van der Waals surface area contributed by atoms with Gasteiger partial charge in [0.25, 0.3) is 5.91 Å². The molecule has 1 aromatic rings. The molecule has 3 nitrogen and oxygen atoms in total. The van der Waals surface area contributed by atoms with E-state index in [4.69, 9.17) is 4.74 Å². The van der Waals surface area contributed by atoms with E-state index in [0.717, 1.165) is 28.6 Å². The first-order valence-corrected chi connectivity index (χ1v) is 6.95. The molecular formula is C14H18BrNO2. The number of ether oxygens (including phenoxy) is 1. The summed E-state index contributed by atoms with van der Waals surface area (Å²) in [6.07, 6.45) is 1.03. The summed E-state index contributed by atoms with van der Waals surface area (Å²) in [5, 5.41) is 0. The van der Waals surface area contributed by atoms with E-state index in [-0.39, 0.29) is 18.1 Å². The average molecular weight is 312 g/mol. The van der Waals surface area contributed by atoms with Gasteiger partial charge in [0.1, 0.15) is 0 Å². The van der Waals surface area contributed by atoms with E-state index in [9.17, 15) is 4.79 Å². The lowest BCUT2D eigenvalue weighted by molar-refractivity contribution is 0.0574. The SMILES string of the molecule is Cc1c(Br)cccc1C(=O)N(C)C1CCOC1C. The van der Waals surface area contributed by atoms with Crippen LogP contribution in [0.5, 0.6) is 0 Å². The first-order chi connectivity index (χ1) is 8.52. The Labute approximate surface area is 116 Å². The van der Waals surface area contributed by atoms with Crippen molar-refractivity contribution in [2.45, 2.75) is 32.4 Å². The monoisotopic (exact) mass is 311 g/mol. The Morgan fingerprint density at radius 3 is 2.83 bits per heavy atom. The number of nitrogens with zero attached hydrogens (tertiary/aromatic N) is 1. The molecule has 0 radical (unpaired) electrons. The van der Waals surface area contributed by atoms with Gasteiger partial charge in [-0.05, 0) is 38.0 Å². The number of rotatable bonds is 2. The van der Waals surface area contributed by atoms with Crippen molar-refractivity contribution in [3.63, 3.8) is 0 Å². The lowest BCUT2D eigenvalue weighted by Gasteiger charge is -2.27. The van der Waals surface area contributed by atoms with E-state index in [1.54, 1.807) is 0 Å². The van der Waals surface area contributed by atoms with E-state index in [0.29, 0.717) is 0 Å². The Bertz CT molecular complexity index is 461. The predicted octanol–water partition coefficient (Wildman–Crippen LogP) is 3.01. The van der Waals surface area contributed by atoms with Gasteiger partial charge in [-0.3, -0.25) is 4.79 Å². The van der Waals surface area contributed by atoms with E-state index in [1.165, 1.54) is 0 Å². The molecule has 2 atom stereocenters. The van der Waals surface area contributed by atoms with Crippen molar-refractivity contribution >= 4 is 21.8 Å². The van der Waals surface area contributed by atoms with Crippen molar-refractivity contribution in [1.82, 2.24) is 4.90 Å². The lowest BCUT2D eigenvalue weighted by Crippen LogP contribution is -2.41. The van der Waals surface area contributed by atoms with Gasteiger partial charge in [-0.2, -0.15) is 0 Å². The molecule has 0 bridgehead atoms. The van der Waals surface area contributed by atoms with Crippen LogP contribution in [0.25, 0.3) is 0 Å². The summed E-state index contributed by atoms with van der Waals surface area (Å²) in [6.45, 7) is 4.72. The fourth-order valence-corrected chi connectivity index (χ4v) is 2.77. The van der Waals surface area contributed by atoms with Gasteiger partial charge in [0.2, 0.25) is 0 Å². The number of benzene rings is 1. The minimum Gasteiger partial charge on any atom is -0.376 e.